The summed E-state index contributed by atoms with van der Waals surface area (Å²) in [7, 11) is 0. The van der Waals surface area contributed by atoms with Gasteiger partial charge in [0, 0.05) is 23.1 Å². The predicted molar refractivity (Wildman–Crippen MR) is 51.7 cm³/mol. The van der Waals surface area contributed by atoms with Gasteiger partial charge in [-0.05, 0) is 12.8 Å². The first-order chi connectivity index (χ1) is 6.43. The summed E-state index contributed by atoms with van der Waals surface area (Å²) in [6.07, 6.45) is 6.33. The molecule has 0 radical (unpaired) electrons. The summed E-state index contributed by atoms with van der Waals surface area (Å²) in [5, 5.41) is 9.95. The van der Waals surface area contributed by atoms with E-state index in [0.29, 0.717) is 0 Å². The fraction of sp³-hybridized carbons (Fsp3) is 0.333. The maximum Gasteiger partial charge on any atom is 0.126 e. The highest BCUT2D eigenvalue weighted by Crippen LogP contribution is 2.41. The molecule has 0 amide bonds. The molecule has 0 atom stereocenters. The summed E-state index contributed by atoms with van der Waals surface area (Å²) in [6.45, 7) is 0. The van der Waals surface area contributed by atoms with Crippen LogP contribution in [0.3, 0.4) is 0 Å². The van der Waals surface area contributed by atoms with Gasteiger partial charge in [0.1, 0.15) is 5.01 Å². The first-order valence-electron chi connectivity index (χ1n) is 4.38. The average Bonchev–Trinajstić information content (AvgIpc) is 2.72. The molecule has 1 N–H and O–H groups in total. The Balaban J connectivity index is 1.97. The van der Waals surface area contributed by atoms with E-state index in [1.165, 1.54) is 18.5 Å². The molecule has 1 fully saturated rings. The van der Waals surface area contributed by atoms with Gasteiger partial charge >= 0.3 is 0 Å². The van der Waals surface area contributed by atoms with Crippen LogP contribution in [0.15, 0.2) is 17.8 Å². The van der Waals surface area contributed by atoms with Crippen molar-refractivity contribution in [1.29, 1.82) is 0 Å². The normalized spacial score (nSPS) is 16.3. The molecule has 66 valence electrons. The van der Waals surface area contributed by atoms with Crippen molar-refractivity contribution < 1.29 is 0 Å². The van der Waals surface area contributed by atoms with Crippen molar-refractivity contribution in [1.82, 2.24) is 15.2 Å². The molecule has 0 aliphatic heterocycles. The fourth-order valence-electron chi connectivity index (χ4n) is 1.35. The minimum absolute atomic E-state index is 0.747. The molecule has 1 saturated carbocycles. The van der Waals surface area contributed by atoms with Crippen LogP contribution in [-0.2, 0) is 0 Å². The van der Waals surface area contributed by atoms with Gasteiger partial charge in [-0.3, -0.25) is 5.10 Å². The van der Waals surface area contributed by atoms with Crippen LogP contribution in [0, 0.1) is 0 Å². The number of hydrogen-bond acceptors (Lipinski definition) is 3. The number of aromatic amines is 1. The second kappa shape index (κ2) is 2.67. The van der Waals surface area contributed by atoms with Crippen LogP contribution < -0.4 is 0 Å². The van der Waals surface area contributed by atoms with E-state index in [2.05, 4.69) is 20.6 Å². The van der Waals surface area contributed by atoms with E-state index in [0.717, 1.165) is 16.5 Å². The summed E-state index contributed by atoms with van der Waals surface area (Å²) >= 11 is 1.70. The van der Waals surface area contributed by atoms with Gasteiger partial charge in [0.25, 0.3) is 0 Å². The van der Waals surface area contributed by atoms with Crippen LogP contribution in [0.2, 0.25) is 0 Å². The molecule has 0 bridgehead atoms. The highest BCUT2D eigenvalue weighted by molar-refractivity contribution is 7.13. The van der Waals surface area contributed by atoms with Crippen LogP contribution in [0.25, 0.3) is 10.6 Å². The van der Waals surface area contributed by atoms with E-state index in [4.69, 9.17) is 0 Å². The van der Waals surface area contributed by atoms with Gasteiger partial charge in [-0.1, -0.05) is 0 Å². The maximum absolute atomic E-state index is 4.57. The lowest BCUT2D eigenvalue weighted by molar-refractivity contribution is 1.05. The molecule has 3 nitrogen and oxygen atoms in total. The van der Waals surface area contributed by atoms with E-state index in [9.17, 15) is 0 Å². The molecule has 3 rings (SSSR count). The zero-order chi connectivity index (χ0) is 8.67. The minimum Gasteiger partial charge on any atom is -0.285 e. The molecule has 0 saturated heterocycles. The fourth-order valence-corrected chi connectivity index (χ4v) is 2.24. The molecule has 0 unspecified atom stereocenters. The minimum atomic E-state index is 0.747. The average molecular weight is 191 g/mol. The summed E-state index contributed by atoms with van der Waals surface area (Å²) < 4.78 is 0. The summed E-state index contributed by atoms with van der Waals surface area (Å²) in [6, 6.07) is 0. The van der Waals surface area contributed by atoms with Crippen LogP contribution in [0.1, 0.15) is 24.5 Å². The van der Waals surface area contributed by atoms with Gasteiger partial charge < -0.3 is 0 Å². The number of nitrogens with zero attached hydrogens (tertiary/aromatic N) is 2. The zero-order valence-electron chi connectivity index (χ0n) is 7.03. The first kappa shape index (κ1) is 7.26. The van der Waals surface area contributed by atoms with Gasteiger partial charge in [-0.15, -0.1) is 11.3 Å². The summed E-state index contributed by atoms with van der Waals surface area (Å²) in [5.74, 6) is 0.747. The van der Waals surface area contributed by atoms with Crippen LogP contribution >= 0.6 is 11.3 Å². The van der Waals surface area contributed by atoms with Crippen molar-refractivity contribution in [2.24, 2.45) is 0 Å². The van der Waals surface area contributed by atoms with E-state index in [-0.39, 0.29) is 0 Å². The molecule has 0 aromatic carbocycles. The van der Waals surface area contributed by atoms with E-state index >= 15 is 0 Å². The lowest BCUT2D eigenvalue weighted by atomic mass is 10.3. The van der Waals surface area contributed by atoms with Gasteiger partial charge in [0.15, 0.2) is 0 Å². The Morgan fingerprint density at radius 3 is 3.08 bits per heavy atom. The highest BCUT2D eigenvalue weighted by Gasteiger charge is 2.26. The van der Waals surface area contributed by atoms with Gasteiger partial charge in [-0.2, -0.15) is 5.10 Å². The largest absolute Gasteiger partial charge is 0.285 e. The Hall–Kier alpha value is -1.16. The molecule has 2 heterocycles. The van der Waals surface area contributed by atoms with E-state index in [1.54, 1.807) is 11.3 Å². The van der Waals surface area contributed by atoms with Crippen LogP contribution in [-0.4, -0.2) is 15.2 Å². The van der Waals surface area contributed by atoms with Gasteiger partial charge in [-0.25, -0.2) is 4.98 Å². The second-order valence-electron chi connectivity index (χ2n) is 3.34. The molecule has 4 heteroatoms. The number of H-pyrrole nitrogens is 1. The Labute approximate surface area is 79.8 Å². The molecule has 2 aromatic rings. The molecule has 0 spiro atoms. The lowest BCUT2D eigenvalue weighted by Crippen LogP contribution is -1.78. The number of rotatable bonds is 2. The van der Waals surface area contributed by atoms with Crippen molar-refractivity contribution in [3.8, 4) is 10.6 Å². The Bertz CT molecular complexity index is 400. The number of thiazole rings is 1. The van der Waals surface area contributed by atoms with Crippen molar-refractivity contribution in [2.75, 3.05) is 0 Å². The topological polar surface area (TPSA) is 41.6 Å². The molecular weight excluding hydrogens is 182 g/mol. The third-order valence-electron chi connectivity index (χ3n) is 2.26. The SMILES string of the molecule is c1n[nH]cc1-c1nc(C2CC2)cs1. The second-order valence-corrected chi connectivity index (χ2v) is 4.20. The molecule has 13 heavy (non-hydrogen) atoms. The van der Waals surface area contributed by atoms with E-state index < -0.39 is 0 Å². The molecule has 1 aliphatic rings. The maximum atomic E-state index is 4.57. The third-order valence-corrected chi connectivity index (χ3v) is 3.17. The molecule has 2 aromatic heterocycles. The molecule has 1 aliphatic carbocycles. The number of hydrogen-bond donors (Lipinski definition) is 1. The predicted octanol–water partition coefficient (Wildman–Crippen LogP) is 2.41. The zero-order valence-corrected chi connectivity index (χ0v) is 7.84. The number of nitrogens with one attached hydrogen (secondary N) is 1. The van der Waals surface area contributed by atoms with Gasteiger partial charge in [0.05, 0.1) is 11.9 Å². The highest BCUT2D eigenvalue weighted by atomic mass is 32.1. The van der Waals surface area contributed by atoms with Crippen LogP contribution in [0.4, 0.5) is 0 Å². The summed E-state index contributed by atoms with van der Waals surface area (Å²) in [5.41, 5.74) is 2.36. The van der Waals surface area contributed by atoms with Crippen LogP contribution in [0.5, 0.6) is 0 Å². The summed E-state index contributed by atoms with van der Waals surface area (Å²) in [4.78, 5) is 4.57. The monoisotopic (exact) mass is 191 g/mol. The Morgan fingerprint density at radius 2 is 2.38 bits per heavy atom. The Kier molecular flexibility index (Phi) is 1.49. The Morgan fingerprint density at radius 1 is 1.46 bits per heavy atom. The van der Waals surface area contributed by atoms with Crippen molar-refractivity contribution in [3.05, 3.63) is 23.5 Å². The lowest BCUT2D eigenvalue weighted by Gasteiger charge is -1.87. The standard InChI is InChI=1S/C9H9N3S/c1-2-6(1)8-5-13-9(12-8)7-3-10-11-4-7/h3-6H,1-2H2,(H,10,11). The van der Waals surface area contributed by atoms with Crippen molar-refractivity contribution in [3.63, 3.8) is 0 Å². The van der Waals surface area contributed by atoms with E-state index in [1.807, 2.05) is 12.4 Å². The number of aromatic nitrogens is 3. The smallest absolute Gasteiger partial charge is 0.126 e. The first-order valence-corrected chi connectivity index (χ1v) is 5.26. The van der Waals surface area contributed by atoms with Crippen molar-refractivity contribution >= 4 is 11.3 Å². The molecular formula is C9H9N3S. The third kappa shape index (κ3) is 1.27. The van der Waals surface area contributed by atoms with Crippen molar-refractivity contribution in [2.45, 2.75) is 18.8 Å². The quantitative estimate of drug-likeness (QED) is 0.792. The van der Waals surface area contributed by atoms with Gasteiger partial charge in [0.2, 0.25) is 0 Å².